The Bertz CT molecular complexity index is 815. The van der Waals surface area contributed by atoms with Gasteiger partial charge in [-0.1, -0.05) is 73.5 Å². The van der Waals surface area contributed by atoms with Crippen LogP contribution in [0.1, 0.15) is 49.3 Å². The van der Waals surface area contributed by atoms with Crippen molar-refractivity contribution in [1.29, 1.82) is 0 Å². The number of unbranched alkanes of at least 4 members (excludes halogenated alkanes) is 3. The number of piperazine rings is 1. The van der Waals surface area contributed by atoms with E-state index in [2.05, 4.69) is 53.4 Å². The molecule has 2 N–H and O–H groups in total. The monoisotopic (exact) mass is 452 g/mol. The topological polar surface area (TPSA) is 76.1 Å². The van der Waals surface area contributed by atoms with E-state index in [-0.39, 0.29) is 18.0 Å². The molecule has 1 aliphatic rings. The second-order valence-electron chi connectivity index (χ2n) is 8.65. The van der Waals surface area contributed by atoms with Gasteiger partial charge in [0.1, 0.15) is 0 Å². The second-order valence-corrected chi connectivity index (χ2v) is 8.65. The summed E-state index contributed by atoms with van der Waals surface area (Å²) in [5.74, 6) is -0.344. The predicted octanol–water partition coefficient (Wildman–Crippen LogP) is 3.90. The van der Waals surface area contributed by atoms with Gasteiger partial charge >= 0.3 is 6.03 Å². The van der Waals surface area contributed by atoms with Crippen molar-refractivity contribution in [2.75, 3.05) is 39.8 Å². The average molecular weight is 453 g/mol. The molecule has 0 aliphatic carbocycles. The normalized spacial score (nSPS) is 14.3. The highest BCUT2D eigenvalue weighted by atomic mass is 16.5. The van der Waals surface area contributed by atoms with E-state index in [9.17, 15) is 9.59 Å². The van der Waals surface area contributed by atoms with Gasteiger partial charge in [-0.2, -0.15) is 0 Å². The third-order valence-electron chi connectivity index (χ3n) is 6.28. The lowest BCUT2D eigenvalue weighted by Gasteiger charge is -2.40. The van der Waals surface area contributed by atoms with Crippen molar-refractivity contribution < 1.29 is 14.8 Å². The van der Waals surface area contributed by atoms with Crippen LogP contribution in [0.4, 0.5) is 4.79 Å². The zero-order valence-corrected chi connectivity index (χ0v) is 19.5. The molecule has 0 bridgehead atoms. The summed E-state index contributed by atoms with van der Waals surface area (Å²) in [4.78, 5) is 30.2. The molecule has 0 spiro atoms. The van der Waals surface area contributed by atoms with Crippen molar-refractivity contribution in [3.63, 3.8) is 0 Å². The molecule has 1 heterocycles. The molecular formula is C26H36N4O3. The highest BCUT2D eigenvalue weighted by Crippen LogP contribution is 2.29. The lowest BCUT2D eigenvalue weighted by molar-refractivity contribution is -0.129. The Kier molecular flexibility index (Phi) is 9.72. The van der Waals surface area contributed by atoms with Crippen molar-refractivity contribution in [3.8, 4) is 0 Å². The van der Waals surface area contributed by atoms with Crippen LogP contribution in [0.5, 0.6) is 0 Å². The Balaban J connectivity index is 1.47. The van der Waals surface area contributed by atoms with Gasteiger partial charge in [0, 0.05) is 46.2 Å². The first-order chi connectivity index (χ1) is 16.1. The van der Waals surface area contributed by atoms with Crippen molar-refractivity contribution in [2.24, 2.45) is 0 Å². The number of carbonyl (C=O) groups excluding carboxylic acids is 2. The number of nitrogens with one attached hydrogen (secondary N) is 1. The molecular weight excluding hydrogens is 416 g/mol. The largest absolute Gasteiger partial charge is 0.328 e. The summed E-state index contributed by atoms with van der Waals surface area (Å²) in [7, 11) is 1.87. The Morgan fingerprint density at radius 3 is 1.97 bits per heavy atom. The van der Waals surface area contributed by atoms with Gasteiger partial charge in [0.05, 0.1) is 6.04 Å². The van der Waals surface area contributed by atoms with Crippen LogP contribution in [-0.4, -0.2) is 71.6 Å². The van der Waals surface area contributed by atoms with Crippen molar-refractivity contribution in [3.05, 3.63) is 71.8 Å². The standard InChI is InChI=1S/C26H36N4O3/c1-28(17-11-3-2-10-16-24(31)27-33)26(32)30-20-18-29(19-21-30)25(22-12-6-4-7-13-22)23-14-8-5-9-15-23/h4-9,12-15,25,33H,2-3,10-11,16-21H2,1H3,(H,27,31). The molecule has 7 heteroatoms. The summed E-state index contributed by atoms with van der Waals surface area (Å²) in [6, 6.07) is 21.4. The van der Waals surface area contributed by atoms with Gasteiger partial charge in [0.25, 0.3) is 0 Å². The Morgan fingerprint density at radius 2 is 1.42 bits per heavy atom. The maximum atomic E-state index is 12.9. The van der Waals surface area contributed by atoms with Gasteiger partial charge in [0.2, 0.25) is 5.91 Å². The second kappa shape index (κ2) is 13.0. The van der Waals surface area contributed by atoms with Crippen molar-refractivity contribution >= 4 is 11.9 Å². The SMILES string of the molecule is CN(CCCCCCC(=O)NO)C(=O)N1CCN(C(c2ccccc2)c2ccccc2)CC1. The fourth-order valence-electron chi connectivity index (χ4n) is 4.44. The summed E-state index contributed by atoms with van der Waals surface area (Å²) < 4.78 is 0. The predicted molar refractivity (Wildman–Crippen MR) is 129 cm³/mol. The number of nitrogens with zero attached hydrogens (tertiary/aromatic N) is 3. The van der Waals surface area contributed by atoms with E-state index >= 15 is 0 Å². The molecule has 0 radical (unpaired) electrons. The number of amides is 3. The summed E-state index contributed by atoms with van der Waals surface area (Å²) in [6.45, 7) is 3.81. The van der Waals surface area contributed by atoms with Crippen LogP contribution in [0.15, 0.2) is 60.7 Å². The van der Waals surface area contributed by atoms with Gasteiger partial charge in [-0.25, -0.2) is 10.3 Å². The van der Waals surface area contributed by atoms with E-state index in [0.29, 0.717) is 13.0 Å². The third kappa shape index (κ3) is 7.30. The molecule has 7 nitrogen and oxygen atoms in total. The maximum absolute atomic E-state index is 12.9. The van der Waals surface area contributed by atoms with Crippen LogP contribution in [0.2, 0.25) is 0 Å². The first-order valence-corrected chi connectivity index (χ1v) is 11.9. The molecule has 1 fully saturated rings. The zero-order valence-electron chi connectivity index (χ0n) is 19.5. The van der Waals surface area contributed by atoms with Crippen LogP contribution < -0.4 is 5.48 Å². The number of benzene rings is 2. The van der Waals surface area contributed by atoms with E-state index in [1.165, 1.54) is 11.1 Å². The number of urea groups is 1. The van der Waals surface area contributed by atoms with E-state index in [1.807, 2.05) is 29.0 Å². The number of hydrogen-bond acceptors (Lipinski definition) is 4. The van der Waals surface area contributed by atoms with Crippen LogP contribution in [0.25, 0.3) is 0 Å². The number of hydrogen-bond donors (Lipinski definition) is 2. The zero-order chi connectivity index (χ0) is 23.5. The molecule has 2 aromatic carbocycles. The van der Waals surface area contributed by atoms with Crippen LogP contribution >= 0.6 is 0 Å². The Hall–Kier alpha value is -2.90. The van der Waals surface area contributed by atoms with Gasteiger partial charge in [-0.15, -0.1) is 0 Å². The van der Waals surface area contributed by atoms with Crippen molar-refractivity contribution in [1.82, 2.24) is 20.2 Å². The molecule has 2 aromatic rings. The lowest BCUT2D eigenvalue weighted by Crippen LogP contribution is -2.53. The minimum Gasteiger partial charge on any atom is -0.328 e. The first kappa shape index (κ1) is 24.7. The third-order valence-corrected chi connectivity index (χ3v) is 6.28. The van der Waals surface area contributed by atoms with Crippen LogP contribution in [0.3, 0.4) is 0 Å². The molecule has 0 unspecified atom stereocenters. The molecule has 1 saturated heterocycles. The molecule has 0 saturated carbocycles. The van der Waals surface area contributed by atoms with E-state index < -0.39 is 0 Å². The van der Waals surface area contributed by atoms with Gasteiger partial charge in [-0.05, 0) is 24.0 Å². The molecule has 0 aromatic heterocycles. The van der Waals surface area contributed by atoms with E-state index in [0.717, 1.165) is 51.9 Å². The first-order valence-electron chi connectivity index (χ1n) is 11.9. The number of carbonyl (C=O) groups is 2. The fourth-order valence-corrected chi connectivity index (χ4v) is 4.44. The number of rotatable bonds is 10. The molecule has 0 atom stereocenters. The highest BCUT2D eigenvalue weighted by molar-refractivity contribution is 5.74. The molecule has 33 heavy (non-hydrogen) atoms. The smallest absolute Gasteiger partial charge is 0.319 e. The average Bonchev–Trinajstić information content (AvgIpc) is 2.87. The Morgan fingerprint density at radius 1 is 0.879 bits per heavy atom. The summed E-state index contributed by atoms with van der Waals surface area (Å²) in [6.07, 6.45) is 3.86. The lowest BCUT2D eigenvalue weighted by atomic mass is 9.96. The van der Waals surface area contributed by atoms with Crippen molar-refractivity contribution in [2.45, 2.75) is 38.1 Å². The fraction of sp³-hybridized carbons (Fsp3) is 0.462. The summed E-state index contributed by atoms with van der Waals surface area (Å²) >= 11 is 0. The molecule has 1 aliphatic heterocycles. The van der Waals surface area contributed by atoms with Gasteiger partial charge < -0.3 is 9.80 Å². The van der Waals surface area contributed by atoms with Crippen LogP contribution in [-0.2, 0) is 4.79 Å². The minimum atomic E-state index is -0.344. The minimum absolute atomic E-state index is 0.0882. The van der Waals surface area contributed by atoms with E-state index in [4.69, 9.17) is 5.21 Å². The van der Waals surface area contributed by atoms with Crippen LogP contribution in [0, 0.1) is 0 Å². The molecule has 3 rings (SSSR count). The summed E-state index contributed by atoms with van der Waals surface area (Å²) in [5.41, 5.74) is 4.20. The van der Waals surface area contributed by atoms with E-state index in [1.54, 1.807) is 5.48 Å². The van der Waals surface area contributed by atoms with Gasteiger partial charge in [0.15, 0.2) is 0 Å². The highest BCUT2D eigenvalue weighted by Gasteiger charge is 2.29. The molecule has 3 amide bonds. The molecule has 178 valence electrons. The Labute approximate surface area is 196 Å². The van der Waals surface area contributed by atoms with Gasteiger partial charge in [-0.3, -0.25) is 14.9 Å². The quantitative estimate of drug-likeness (QED) is 0.326. The summed E-state index contributed by atoms with van der Waals surface area (Å²) in [5, 5.41) is 8.51. The maximum Gasteiger partial charge on any atom is 0.319 e. The number of hydroxylamine groups is 1.